The molecule has 1 aromatic carbocycles. The molecule has 5 heteroatoms. The number of likely N-dealkylation sites (tertiary alicyclic amines) is 1. The zero-order valence-corrected chi connectivity index (χ0v) is 12.9. The molecule has 0 spiro atoms. The molecule has 2 aliphatic rings. The van der Waals surface area contributed by atoms with Crippen LogP contribution in [0.25, 0.3) is 6.08 Å². The molecule has 0 aliphatic carbocycles. The van der Waals surface area contributed by atoms with Crippen molar-refractivity contribution in [2.45, 2.75) is 12.8 Å². The molecular formula is C17H22N2O3. The fourth-order valence-corrected chi connectivity index (χ4v) is 2.86. The van der Waals surface area contributed by atoms with Crippen LogP contribution in [0.4, 0.5) is 0 Å². The van der Waals surface area contributed by atoms with Gasteiger partial charge in [0, 0.05) is 18.7 Å². The quantitative estimate of drug-likeness (QED) is 0.899. The predicted octanol–water partition coefficient (Wildman–Crippen LogP) is 1.68. The van der Waals surface area contributed by atoms with E-state index in [0.29, 0.717) is 18.7 Å². The summed E-state index contributed by atoms with van der Waals surface area (Å²) in [6.07, 6.45) is 4.42. The van der Waals surface area contributed by atoms with E-state index >= 15 is 0 Å². The first-order chi connectivity index (χ1) is 10.8. The Labute approximate surface area is 130 Å². The zero-order chi connectivity index (χ0) is 15.4. The number of nitrogens with one attached hydrogen (secondary N) is 1. The maximum absolute atomic E-state index is 12.2. The molecule has 1 fully saturated rings. The molecule has 118 valence electrons. The molecule has 0 aromatic heterocycles. The Bertz CT molecular complexity index is 577. The van der Waals surface area contributed by atoms with Gasteiger partial charge in [-0.3, -0.25) is 4.79 Å². The van der Waals surface area contributed by atoms with Gasteiger partial charge in [0.15, 0.2) is 0 Å². The lowest BCUT2D eigenvalue weighted by atomic mass is 10.1. The van der Waals surface area contributed by atoms with Gasteiger partial charge in [0.25, 0.3) is 5.91 Å². The van der Waals surface area contributed by atoms with Gasteiger partial charge < -0.3 is 19.7 Å². The topological polar surface area (TPSA) is 50.8 Å². The number of hydrogen-bond donors (Lipinski definition) is 1. The molecule has 0 saturated carbocycles. The molecule has 1 aromatic rings. The SMILES string of the molecule is COc1ccc2c(c1)C=C(C(=O)NCCN1CCCC1)CO2. The standard InChI is InChI=1S/C17H22N2O3/c1-21-15-4-5-16-13(11-15)10-14(12-22-16)17(20)18-6-9-19-7-2-3-8-19/h4-5,10-11H,2-3,6-9,12H2,1H3,(H,18,20). The Balaban J connectivity index is 1.58. The van der Waals surface area contributed by atoms with Crippen LogP contribution in [-0.2, 0) is 4.79 Å². The van der Waals surface area contributed by atoms with Crippen molar-refractivity contribution in [2.75, 3.05) is 39.9 Å². The Morgan fingerprint density at radius 2 is 2.18 bits per heavy atom. The van der Waals surface area contributed by atoms with Gasteiger partial charge in [-0.2, -0.15) is 0 Å². The number of benzene rings is 1. The van der Waals surface area contributed by atoms with Gasteiger partial charge in [0.2, 0.25) is 0 Å². The van der Waals surface area contributed by atoms with Crippen molar-refractivity contribution in [2.24, 2.45) is 0 Å². The smallest absolute Gasteiger partial charge is 0.250 e. The molecular weight excluding hydrogens is 280 g/mol. The van der Waals surface area contributed by atoms with E-state index in [1.165, 1.54) is 12.8 Å². The summed E-state index contributed by atoms with van der Waals surface area (Å²) >= 11 is 0. The van der Waals surface area contributed by atoms with E-state index in [4.69, 9.17) is 9.47 Å². The molecule has 0 atom stereocenters. The van der Waals surface area contributed by atoms with E-state index in [0.717, 1.165) is 36.7 Å². The van der Waals surface area contributed by atoms with Crippen molar-refractivity contribution in [3.05, 3.63) is 29.3 Å². The summed E-state index contributed by atoms with van der Waals surface area (Å²) in [6.45, 7) is 4.21. The molecule has 1 N–H and O–H groups in total. The number of amides is 1. The largest absolute Gasteiger partial charge is 0.497 e. The van der Waals surface area contributed by atoms with E-state index in [1.54, 1.807) is 7.11 Å². The van der Waals surface area contributed by atoms with Gasteiger partial charge in [0.1, 0.15) is 18.1 Å². The number of fused-ring (bicyclic) bond motifs is 1. The number of ether oxygens (including phenoxy) is 2. The maximum atomic E-state index is 12.2. The lowest BCUT2D eigenvalue weighted by Crippen LogP contribution is -2.35. The van der Waals surface area contributed by atoms with Crippen LogP contribution in [0.3, 0.4) is 0 Å². The van der Waals surface area contributed by atoms with Crippen LogP contribution in [0.15, 0.2) is 23.8 Å². The molecule has 3 rings (SSSR count). The van der Waals surface area contributed by atoms with E-state index in [9.17, 15) is 4.79 Å². The third-order valence-electron chi connectivity index (χ3n) is 4.13. The van der Waals surface area contributed by atoms with E-state index in [2.05, 4.69) is 10.2 Å². The Kier molecular flexibility index (Phi) is 4.63. The summed E-state index contributed by atoms with van der Waals surface area (Å²) < 4.78 is 10.8. The minimum Gasteiger partial charge on any atom is -0.497 e. The summed E-state index contributed by atoms with van der Waals surface area (Å²) in [5.41, 5.74) is 1.54. The van der Waals surface area contributed by atoms with E-state index in [-0.39, 0.29) is 5.91 Å². The van der Waals surface area contributed by atoms with Crippen LogP contribution < -0.4 is 14.8 Å². The predicted molar refractivity (Wildman–Crippen MR) is 85.1 cm³/mol. The van der Waals surface area contributed by atoms with Gasteiger partial charge in [-0.25, -0.2) is 0 Å². The van der Waals surface area contributed by atoms with Gasteiger partial charge >= 0.3 is 0 Å². The van der Waals surface area contributed by atoms with Crippen molar-refractivity contribution >= 4 is 12.0 Å². The Hall–Kier alpha value is -2.01. The zero-order valence-electron chi connectivity index (χ0n) is 12.9. The minimum atomic E-state index is -0.0485. The Morgan fingerprint density at radius 1 is 1.36 bits per heavy atom. The van der Waals surface area contributed by atoms with Crippen molar-refractivity contribution < 1.29 is 14.3 Å². The summed E-state index contributed by atoms with van der Waals surface area (Å²) in [4.78, 5) is 14.6. The lowest BCUT2D eigenvalue weighted by molar-refractivity contribution is -0.117. The second-order valence-corrected chi connectivity index (χ2v) is 5.67. The second kappa shape index (κ2) is 6.83. The third kappa shape index (κ3) is 3.42. The van der Waals surface area contributed by atoms with Crippen molar-refractivity contribution in [1.82, 2.24) is 10.2 Å². The number of methoxy groups -OCH3 is 1. The van der Waals surface area contributed by atoms with Gasteiger partial charge in [-0.15, -0.1) is 0 Å². The average molecular weight is 302 g/mol. The highest BCUT2D eigenvalue weighted by molar-refractivity contribution is 5.99. The van der Waals surface area contributed by atoms with Gasteiger partial charge in [0.05, 0.1) is 12.7 Å². The normalized spacial score (nSPS) is 17.4. The number of carbonyl (C=O) groups is 1. The van der Waals surface area contributed by atoms with E-state index < -0.39 is 0 Å². The first kappa shape index (κ1) is 14.9. The van der Waals surface area contributed by atoms with Crippen LogP contribution in [-0.4, -0.2) is 50.7 Å². The molecule has 1 amide bonds. The van der Waals surface area contributed by atoms with Crippen LogP contribution in [0.1, 0.15) is 18.4 Å². The number of hydrogen-bond acceptors (Lipinski definition) is 4. The average Bonchev–Trinajstić information content (AvgIpc) is 3.07. The van der Waals surface area contributed by atoms with Gasteiger partial charge in [-0.1, -0.05) is 0 Å². The number of rotatable bonds is 5. The van der Waals surface area contributed by atoms with Crippen LogP contribution in [0.2, 0.25) is 0 Å². The monoisotopic (exact) mass is 302 g/mol. The third-order valence-corrected chi connectivity index (χ3v) is 4.13. The lowest BCUT2D eigenvalue weighted by Gasteiger charge is -2.19. The highest BCUT2D eigenvalue weighted by Crippen LogP contribution is 2.29. The van der Waals surface area contributed by atoms with Crippen molar-refractivity contribution in [3.63, 3.8) is 0 Å². The highest BCUT2D eigenvalue weighted by atomic mass is 16.5. The molecule has 0 radical (unpaired) electrons. The molecule has 5 nitrogen and oxygen atoms in total. The van der Waals surface area contributed by atoms with Crippen LogP contribution in [0.5, 0.6) is 11.5 Å². The molecule has 1 saturated heterocycles. The van der Waals surface area contributed by atoms with Crippen LogP contribution >= 0.6 is 0 Å². The van der Waals surface area contributed by atoms with E-state index in [1.807, 2.05) is 24.3 Å². The Morgan fingerprint density at radius 3 is 2.95 bits per heavy atom. The fraction of sp³-hybridized carbons (Fsp3) is 0.471. The highest BCUT2D eigenvalue weighted by Gasteiger charge is 2.18. The summed E-state index contributed by atoms with van der Waals surface area (Å²) in [7, 11) is 1.63. The van der Waals surface area contributed by atoms with Crippen LogP contribution in [0, 0.1) is 0 Å². The molecule has 22 heavy (non-hydrogen) atoms. The number of nitrogens with zero attached hydrogens (tertiary/aromatic N) is 1. The fourth-order valence-electron chi connectivity index (χ4n) is 2.86. The summed E-state index contributed by atoms with van der Waals surface area (Å²) in [6, 6.07) is 5.60. The minimum absolute atomic E-state index is 0.0485. The van der Waals surface area contributed by atoms with Crippen molar-refractivity contribution in [3.8, 4) is 11.5 Å². The molecule has 0 bridgehead atoms. The second-order valence-electron chi connectivity index (χ2n) is 5.67. The number of carbonyl (C=O) groups excluding carboxylic acids is 1. The first-order valence-electron chi connectivity index (χ1n) is 7.78. The molecule has 0 unspecified atom stereocenters. The molecule has 2 heterocycles. The molecule has 2 aliphatic heterocycles. The summed E-state index contributed by atoms with van der Waals surface area (Å²) in [5.74, 6) is 1.50. The first-order valence-corrected chi connectivity index (χ1v) is 7.78. The summed E-state index contributed by atoms with van der Waals surface area (Å²) in [5, 5.41) is 2.98. The van der Waals surface area contributed by atoms with Crippen molar-refractivity contribution in [1.29, 1.82) is 0 Å². The van der Waals surface area contributed by atoms with Gasteiger partial charge in [-0.05, 0) is 50.2 Å². The maximum Gasteiger partial charge on any atom is 0.250 e.